The van der Waals surface area contributed by atoms with E-state index in [9.17, 15) is 9.59 Å². The second kappa shape index (κ2) is 4.95. The van der Waals surface area contributed by atoms with Crippen molar-refractivity contribution < 1.29 is 23.8 Å². The molecular weight excluding hydrogens is 188 g/mol. The van der Waals surface area contributed by atoms with Crippen molar-refractivity contribution in [3.63, 3.8) is 0 Å². The lowest BCUT2D eigenvalue weighted by Gasteiger charge is -2.12. The molecule has 0 spiro atoms. The van der Waals surface area contributed by atoms with Gasteiger partial charge in [-0.1, -0.05) is 0 Å². The van der Waals surface area contributed by atoms with Gasteiger partial charge in [0.1, 0.15) is 0 Å². The van der Waals surface area contributed by atoms with Gasteiger partial charge < -0.3 is 14.2 Å². The van der Waals surface area contributed by atoms with E-state index < -0.39 is 18.4 Å². The van der Waals surface area contributed by atoms with Crippen molar-refractivity contribution >= 4 is 11.9 Å². The van der Waals surface area contributed by atoms with Crippen LogP contribution in [0.5, 0.6) is 0 Å². The van der Waals surface area contributed by atoms with Crippen LogP contribution in [0.15, 0.2) is 0 Å². The summed E-state index contributed by atoms with van der Waals surface area (Å²) in [6, 6.07) is 0. The Labute approximate surface area is 82.3 Å². The molecule has 0 aromatic carbocycles. The summed E-state index contributed by atoms with van der Waals surface area (Å²) < 4.78 is 14.7. The summed E-state index contributed by atoms with van der Waals surface area (Å²) in [6.45, 7) is 3.37. The molecule has 0 N–H and O–H groups in total. The van der Waals surface area contributed by atoms with Gasteiger partial charge in [0.2, 0.25) is 6.29 Å². The van der Waals surface area contributed by atoms with Crippen molar-refractivity contribution in [1.82, 2.24) is 0 Å². The maximum Gasteiger partial charge on any atom is 0.335 e. The summed E-state index contributed by atoms with van der Waals surface area (Å²) in [4.78, 5) is 21.8. The topological polar surface area (TPSA) is 61.8 Å². The first-order valence-electron chi connectivity index (χ1n) is 4.62. The lowest BCUT2D eigenvalue weighted by Crippen LogP contribution is -2.25. The van der Waals surface area contributed by atoms with Gasteiger partial charge in [0, 0.05) is 13.3 Å². The van der Waals surface area contributed by atoms with Crippen LogP contribution in [-0.2, 0) is 23.8 Å². The Morgan fingerprint density at radius 2 is 2.14 bits per heavy atom. The molecule has 1 aliphatic heterocycles. The van der Waals surface area contributed by atoms with Crippen molar-refractivity contribution in [1.29, 1.82) is 0 Å². The number of rotatable bonds is 3. The summed E-state index contributed by atoms with van der Waals surface area (Å²) in [5.41, 5.74) is 0. The normalized spacial score (nSPS) is 25.9. The fourth-order valence-electron chi connectivity index (χ4n) is 1.29. The monoisotopic (exact) mass is 202 g/mol. The molecule has 5 nitrogen and oxygen atoms in total. The number of carbonyl (C=O) groups is 2. The highest BCUT2D eigenvalue weighted by atomic mass is 16.7. The van der Waals surface area contributed by atoms with Crippen molar-refractivity contribution in [2.45, 2.75) is 39.1 Å². The molecule has 2 atom stereocenters. The van der Waals surface area contributed by atoms with Crippen molar-refractivity contribution in [2.75, 3.05) is 6.61 Å². The number of ether oxygens (including phenoxy) is 3. The first-order valence-corrected chi connectivity index (χ1v) is 4.62. The Kier molecular flexibility index (Phi) is 3.88. The summed E-state index contributed by atoms with van der Waals surface area (Å²) in [5, 5.41) is 0. The first kappa shape index (κ1) is 11.0. The minimum Gasteiger partial charge on any atom is -0.464 e. The average molecular weight is 202 g/mol. The van der Waals surface area contributed by atoms with Gasteiger partial charge in [0.15, 0.2) is 6.10 Å². The van der Waals surface area contributed by atoms with E-state index in [2.05, 4.69) is 0 Å². The third kappa shape index (κ3) is 2.99. The van der Waals surface area contributed by atoms with Gasteiger partial charge in [0.25, 0.3) is 0 Å². The molecule has 0 aliphatic carbocycles. The molecule has 0 amide bonds. The minimum absolute atomic E-state index is 0.330. The molecule has 0 bridgehead atoms. The number of esters is 2. The molecule has 14 heavy (non-hydrogen) atoms. The number of carbonyl (C=O) groups excluding carboxylic acids is 2. The van der Waals surface area contributed by atoms with E-state index in [-0.39, 0.29) is 5.97 Å². The van der Waals surface area contributed by atoms with Gasteiger partial charge in [-0.05, 0) is 13.3 Å². The standard InChI is InChI=1S/C9H14O5/c1-3-12-9(11)7-4-5-8(14-7)13-6(2)10/h7-8H,3-5H2,1-2H3/t7-,8?/m1/s1. The van der Waals surface area contributed by atoms with Crippen molar-refractivity contribution in [2.24, 2.45) is 0 Å². The second-order valence-corrected chi connectivity index (χ2v) is 2.99. The highest BCUT2D eigenvalue weighted by Gasteiger charge is 2.33. The quantitative estimate of drug-likeness (QED) is 0.628. The molecule has 80 valence electrons. The maximum absolute atomic E-state index is 11.2. The van der Waals surface area contributed by atoms with E-state index in [0.717, 1.165) is 0 Å². The van der Waals surface area contributed by atoms with Crippen molar-refractivity contribution in [3.8, 4) is 0 Å². The largest absolute Gasteiger partial charge is 0.464 e. The van der Waals surface area contributed by atoms with Gasteiger partial charge >= 0.3 is 11.9 Å². The highest BCUT2D eigenvalue weighted by molar-refractivity contribution is 5.75. The van der Waals surface area contributed by atoms with Gasteiger partial charge in [-0.3, -0.25) is 4.79 Å². The Balaban J connectivity index is 2.33. The van der Waals surface area contributed by atoms with Gasteiger partial charge in [-0.15, -0.1) is 0 Å². The molecule has 1 fully saturated rings. The fourth-order valence-corrected chi connectivity index (χ4v) is 1.29. The Hall–Kier alpha value is -1.10. The number of hydrogen-bond acceptors (Lipinski definition) is 5. The molecule has 5 heteroatoms. The molecule has 1 saturated heterocycles. The van der Waals surface area contributed by atoms with Crippen LogP contribution in [0.4, 0.5) is 0 Å². The summed E-state index contributed by atoms with van der Waals surface area (Å²) in [6.07, 6.45) is -0.0963. The number of hydrogen-bond donors (Lipinski definition) is 0. The molecular formula is C9H14O5. The van der Waals surface area contributed by atoms with E-state index in [4.69, 9.17) is 14.2 Å². The average Bonchev–Trinajstić information content (AvgIpc) is 2.52. The van der Waals surface area contributed by atoms with Gasteiger partial charge in [-0.2, -0.15) is 0 Å². The van der Waals surface area contributed by atoms with E-state index in [1.165, 1.54) is 6.92 Å². The van der Waals surface area contributed by atoms with Crippen molar-refractivity contribution in [3.05, 3.63) is 0 Å². The lowest BCUT2D eigenvalue weighted by molar-refractivity contribution is -0.183. The van der Waals surface area contributed by atoms with Crippen LogP contribution >= 0.6 is 0 Å². The van der Waals surface area contributed by atoms with Crippen LogP contribution in [0, 0.1) is 0 Å². The van der Waals surface area contributed by atoms with E-state index in [0.29, 0.717) is 19.4 Å². The zero-order valence-electron chi connectivity index (χ0n) is 8.32. The fraction of sp³-hybridized carbons (Fsp3) is 0.778. The van der Waals surface area contributed by atoms with E-state index in [1.807, 2.05) is 0 Å². The highest BCUT2D eigenvalue weighted by Crippen LogP contribution is 2.21. The molecule has 1 heterocycles. The summed E-state index contributed by atoms with van der Waals surface area (Å²) >= 11 is 0. The Morgan fingerprint density at radius 1 is 1.43 bits per heavy atom. The maximum atomic E-state index is 11.2. The molecule has 0 aromatic heterocycles. The van der Waals surface area contributed by atoms with E-state index in [1.54, 1.807) is 6.92 Å². The van der Waals surface area contributed by atoms with E-state index >= 15 is 0 Å². The minimum atomic E-state index is -0.595. The molecule has 1 rings (SSSR count). The van der Waals surface area contributed by atoms with Crippen LogP contribution in [-0.4, -0.2) is 30.9 Å². The Morgan fingerprint density at radius 3 is 2.71 bits per heavy atom. The molecule has 0 radical (unpaired) electrons. The lowest BCUT2D eigenvalue weighted by atomic mass is 10.2. The van der Waals surface area contributed by atoms with Gasteiger partial charge in [-0.25, -0.2) is 4.79 Å². The predicted molar refractivity (Wildman–Crippen MR) is 46.3 cm³/mol. The van der Waals surface area contributed by atoms with Gasteiger partial charge in [0.05, 0.1) is 6.61 Å². The first-order chi connectivity index (χ1) is 6.63. The predicted octanol–water partition coefficient (Wildman–Crippen LogP) is 0.618. The zero-order valence-corrected chi connectivity index (χ0v) is 8.32. The summed E-state index contributed by atoms with van der Waals surface area (Å²) in [7, 11) is 0. The zero-order chi connectivity index (χ0) is 10.6. The third-order valence-electron chi connectivity index (χ3n) is 1.83. The third-order valence-corrected chi connectivity index (χ3v) is 1.83. The molecule has 0 aromatic rings. The molecule has 1 unspecified atom stereocenters. The smallest absolute Gasteiger partial charge is 0.335 e. The van der Waals surface area contributed by atoms with Crippen LogP contribution in [0.2, 0.25) is 0 Å². The molecule has 0 saturated carbocycles. The Bertz CT molecular complexity index is 225. The van der Waals surface area contributed by atoms with Crippen LogP contribution in [0.25, 0.3) is 0 Å². The second-order valence-electron chi connectivity index (χ2n) is 2.99. The summed E-state index contributed by atoms with van der Waals surface area (Å²) in [5.74, 6) is -0.790. The SMILES string of the molecule is CCOC(=O)[C@H]1CCC(OC(C)=O)O1. The van der Waals surface area contributed by atoms with Crippen LogP contribution in [0.1, 0.15) is 26.7 Å². The molecule has 1 aliphatic rings. The van der Waals surface area contributed by atoms with Crippen LogP contribution < -0.4 is 0 Å². The van der Waals surface area contributed by atoms with Crippen LogP contribution in [0.3, 0.4) is 0 Å².